The van der Waals surface area contributed by atoms with E-state index in [2.05, 4.69) is 10.6 Å². The van der Waals surface area contributed by atoms with Crippen LogP contribution in [-0.4, -0.2) is 54.6 Å². The fourth-order valence-electron chi connectivity index (χ4n) is 2.56. The molecule has 0 saturated heterocycles. The summed E-state index contributed by atoms with van der Waals surface area (Å²) < 4.78 is 16.6. The highest BCUT2D eigenvalue weighted by atomic mass is 16.5. The average Bonchev–Trinajstić information content (AvgIpc) is 2.70. The minimum absolute atomic E-state index is 0.0000223. The number of anilines is 1. The number of nitrogens with one attached hydrogen (secondary N) is 2. The van der Waals surface area contributed by atoms with Crippen molar-refractivity contribution in [2.24, 2.45) is 0 Å². The van der Waals surface area contributed by atoms with Crippen molar-refractivity contribution in [2.75, 3.05) is 31.7 Å². The van der Waals surface area contributed by atoms with Gasteiger partial charge in [0, 0.05) is 18.7 Å². The highest BCUT2D eigenvalue weighted by Gasteiger charge is 2.16. The fraction of sp³-hybridized carbons (Fsp3) is 0.350. The summed E-state index contributed by atoms with van der Waals surface area (Å²) in [5.74, 6) is 1.80. The van der Waals surface area contributed by atoms with E-state index in [1.165, 1.54) is 12.1 Å². The molecule has 1 aliphatic heterocycles. The second-order valence-corrected chi connectivity index (χ2v) is 6.57. The molecule has 0 aliphatic carbocycles. The number of rotatable bonds is 9. The molecule has 1 amide bonds. The molecule has 2 aromatic rings. The maximum absolute atomic E-state index is 11.3. The maximum Gasteiger partial charge on any atom is 0.262 e. The third-order valence-corrected chi connectivity index (χ3v) is 4.07. The number of carbonyl (C=O) groups is 1. The Bertz CT molecular complexity index is 796. The quantitative estimate of drug-likeness (QED) is 0.516. The molecule has 0 fully saturated rings. The number of hydrogen-bond donors (Lipinski definition) is 4. The summed E-state index contributed by atoms with van der Waals surface area (Å²) in [5.41, 5.74) is 0.631. The van der Waals surface area contributed by atoms with Crippen molar-refractivity contribution in [3.05, 3.63) is 42.5 Å². The molecular formula is C20H24N2O6. The van der Waals surface area contributed by atoms with Gasteiger partial charge in [0.15, 0.2) is 6.61 Å². The van der Waals surface area contributed by atoms with Crippen molar-refractivity contribution in [2.45, 2.75) is 19.1 Å². The zero-order valence-electron chi connectivity index (χ0n) is 15.6. The Balaban J connectivity index is 1.36. The van der Waals surface area contributed by atoms with Crippen molar-refractivity contribution in [3.8, 4) is 23.0 Å². The minimum atomic E-state index is -0.683. The molecule has 0 bridgehead atoms. The van der Waals surface area contributed by atoms with Gasteiger partial charge in [0.25, 0.3) is 5.91 Å². The number of phenols is 1. The van der Waals surface area contributed by atoms with E-state index in [9.17, 15) is 15.0 Å². The first-order valence-electron chi connectivity index (χ1n) is 9.02. The molecule has 0 radical (unpaired) electrons. The van der Waals surface area contributed by atoms with E-state index in [1.54, 1.807) is 30.3 Å². The molecule has 4 N–H and O–H groups in total. The van der Waals surface area contributed by atoms with Crippen LogP contribution >= 0.6 is 0 Å². The van der Waals surface area contributed by atoms with Crippen LogP contribution in [0.25, 0.3) is 0 Å². The van der Waals surface area contributed by atoms with Crippen molar-refractivity contribution >= 4 is 11.6 Å². The van der Waals surface area contributed by atoms with Crippen LogP contribution in [-0.2, 0) is 4.79 Å². The second kappa shape index (κ2) is 9.29. The molecule has 1 unspecified atom stereocenters. The third kappa shape index (κ3) is 5.77. The SMILES string of the molecule is C[C@H](COc1ccc2c(c1)OCC(=O)N2)NCC(O)COc1ccc(O)cc1. The van der Waals surface area contributed by atoms with Gasteiger partial charge in [-0.2, -0.15) is 0 Å². The Morgan fingerprint density at radius 2 is 1.86 bits per heavy atom. The molecule has 8 heteroatoms. The zero-order chi connectivity index (χ0) is 19.9. The monoisotopic (exact) mass is 388 g/mol. The van der Waals surface area contributed by atoms with Crippen LogP contribution in [0.5, 0.6) is 23.0 Å². The number of phenolic OH excluding ortho intramolecular Hbond substituents is 1. The normalized spacial score (nSPS) is 15.0. The van der Waals surface area contributed by atoms with Gasteiger partial charge >= 0.3 is 0 Å². The molecular weight excluding hydrogens is 364 g/mol. The van der Waals surface area contributed by atoms with Gasteiger partial charge in [0.2, 0.25) is 0 Å². The largest absolute Gasteiger partial charge is 0.508 e. The summed E-state index contributed by atoms with van der Waals surface area (Å²) >= 11 is 0. The van der Waals surface area contributed by atoms with Crippen LogP contribution in [0.4, 0.5) is 5.69 Å². The molecule has 8 nitrogen and oxygen atoms in total. The Morgan fingerprint density at radius 3 is 2.64 bits per heavy atom. The molecule has 0 aromatic heterocycles. The van der Waals surface area contributed by atoms with Crippen molar-refractivity contribution in [3.63, 3.8) is 0 Å². The number of fused-ring (bicyclic) bond motifs is 1. The van der Waals surface area contributed by atoms with E-state index in [0.717, 1.165) is 0 Å². The second-order valence-electron chi connectivity index (χ2n) is 6.57. The summed E-state index contributed by atoms with van der Waals surface area (Å²) in [6, 6.07) is 11.6. The predicted molar refractivity (Wildman–Crippen MR) is 103 cm³/mol. The predicted octanol–water partition coefficient (Wildman–Crippen LogP) is 1.52. The molecule has 28 heavy (non-hydrogen) atoms. The number of amides is 1. The molecule has 0 saturated carbocycles. The van der Waals surface area contributed by atoms with Gasteiger partial charge in [-0.1, -0.05) is 0 Å². The van der Waals surface area contributed by atoms with Crippen molar-refractivity contribution < 1.29 is 29.2 Å². The van der Waals surface area contributed by atoms with Crippen molar-refractivity contribution in [1.29, 1.82) is 0 Å². The average molecular weight is 388 g/mol. The first-order valence-corrected chi connectivity index (χ1v) is 9.02. The van der Waals surface area contributed by atoms with E-state index in [1.807, 2.05) is 6.92 Å². The molecule has 2 atom stereocenters. The Morgan fingerprint density at radius 1 is 1.14 bits per heavy atom. The fourth-order valence-corrected chi connectivity index (χ4v) is 2.56. The van der Waals surface area contributed by atoms with Gasteiger partial charge in [-0.05, 0) is 43.3 Å². The van der Waals surface area contributed by atoms with Crippen LogP contribution in [0, 0.1) is 0 Å². The van der Waals surface area contributed by atoms with Crippen LogP contribution in [0.2, 0.25) is 0 Å². The number of aromatic hydroxyl groups is 1. The maximum atomic E-state index is 11.3. The Labute approximate surface area is 163 Å². The smallest absolute Gasteiger partial charge is 0.262 e. The first-order chi connectivity index (χ1) is 13.5. The van der Waals surface area contributed by atoms with Gasteiger partial charge in [0.05, 0.1) is 5.69 Å². The van der Waals surface area contributed by atoms with E-state index >= 15 is 0 Å². The Kier molecular flexibility index (Phi) is 6.57. The summed E-state index contributed by atoms with van der Waals surface area (Å²) in [7, 11) is 0. The van der Waals surface area contributed by atoms with Crippen LogP contribution in [0.3, 0.4) is 0 Å². The van der Waals surface area contributed by atoms with E-state index in [0.29, 0.717) is 36.1 Å². The zero-order valence-corrected chi connectivity index (χ0v) is 15.6. The Hall–Kier alpha value is -2.97. The first kappa shape index (κ1) is 19.8. The third-order valence-electron chi connectivity index (χ3n) is 4.07. The van der Waals surface area contributed by atoms with Gasteiger partial charge in [-0.3, -0.25) is 4.79 Å². The minimum Gasteiger partial charge on any atom is -0.508 e. The van der Waals surface area contributed by atoms with E-state index < -0.39 is 6.10 Å². The van der Waals surface area contributed by atoms with E-state index in [4.69, 9.17) is 14.2 Å². The standard InChI is InChI=1S/C20H24N2O6/c1-13(21-9-15(24)11-27-16-4-2-14(23)3-5-16)10-26-17-6-7-18-19(8-17)28-12-20(25)22-18/h2-8,13,15,21,23-24H,9-12H2,1H3,(H,22,25)/t13-,15?/m1/s1. The number of hydrogen-bond acceptors (Lipinski definition) is 7. The van der Waals surface area contributed by atoms with Crippen LogP contribution in [0.1, 0.15) is 6.92 Å². The molecule has 1 heterocycles. The van der Waals surface area contributed by atoms with Gasteiger partial charge < -0.3 is 35.1 Å². The summed E-state index contributed by atoms with van der Waals surface area (Å²) in [5, 5.41) is 25.2. The summed E-state index contributed by atoms with van der Waals surface area (Å²) in [6.45, 7) is 2.83. The number of ether oxygens (including phenoxy) is 3. The topological polar surface area (TPSA) is 109 Å². The highest BCUT2D eigenvalue weighted by molar-refractivity contribution is 5.95. The van der Waals surface area contributed by atoms with E-state index in [-0.39, 0.29) is 30.9 Å². The van der Waals surface area contributed by atoms with Crippen LogP contribution in [0.15, 0.2) is 42.5 Å². The molecule has 2 aromatic carbocycles. The number of aliphatic hydroxyl groups is 1. The molecule has 1 aliphatic rings. The lowest BCUT2D eigenvalue weighted by Gasteiger charge is -2.20. The highest BCUT2D eigenvalue weighted by Crippen LogP contribution is 2.31. The van der Waals surface area contributed by atoms with Gasteiger partial charge in [-0.15, -0.1) is 0 Å². The van der Waals surface area contributed by atoms with Crippen molar-refractivity contribution in [1.82, 2.24) is 5.32 Å². The molecule has 0 spiro atoms. The summed E-state index contributed by atoms with van der Waals surface area (Å²) in [6.07, 6.45) is -0.683. The lowest BCUT2D eigenvalue weighted by atomic mass is 10.2. The van der Waals surface area contributed by atoms with Gasteiger partial charge in [0.1, 0.15) is 42.3 Å². The number of carbonyl (C=O) groups excluding carboxylic acids is 1. The molecule has 3 rings (SSSR count). The lowest BCUT2D eigenvalue weighted by Crippen LogP contribution is -2.39. The number of aliphatic hydroxyl groups excluding tert-OH is 1. The number of benzene rings is 2. The lowest BCUT2D eigenvalue weighted by molar-refractivity contribution is -0.118. The van der Waals surface area contributed by atoms with Crippen LogP contribution < -0.4 is 24.8 Å². The molecule has 150 valence electrons. The van der Waals surface area contributed by atoms with Gasteiger partial charge in [-0.25, -0.2) is 0 Å². The summed E-state index contributed by atoms with van der Waals surface area (Å²) in [4.78, 5) is 11.3.